The minimum Gasteiger partial charge on any atom is -0.356 e. The summed E-state index contributed by atoms with van der Waals surface area (Å²) in [7, 11) is 0. The molecule has 0 saturated carbocycles. The molecule has 5 heteroatoms. The predicted octanol–water partition coefficient (Wildman–Crippen LogP) is 4.38. The van der Waals surface area contributed by atoms with Crippen LogP contribution in [0.2, 0.25) is 0 Å². The van der Waals surface area contributed by atoms with Gasteiger partial charge in [-0.25, -0.2) is 4.79 Å². The van der Waals surface area contributed by atoms with Gasteiger partial charge in [-0.15, -0.1) is 0 Å². The van der Waals surface area contributed by atoms with Gasteiger partial charge >= 0.3 is 5.69 Å². The summed E-state index contributed by atoms with van der Waals surface area (Å²) in [6.45, 7) is 8.50. The Hall–Kier alpha value is -3.18. The Kier molecular flexibility index (Phi) is 7.42. The molecule has 0 bridgehead atoms. The zero-order valence-corrected chi connectivity index (χ0v) is 18.7. The number of hydrogen-bond donors (Lipinski definition) is 1. The number of aromatic amines is 1. The van der Waals surface area contributed by atoms with Gasteiger partial charge in [-0.3, -0.25) is 14.3 Å². The Balaban J connectivity index is 1.86. The highest BCUT2D eigenvalue weighted by molar-refractivity contribution is 5.52. The summed E-state index contributed by atoms with van der Waals surface area (Å²) in [5.41, 5.74) is 6.13. The smallest absolute Gasteiger partial charge is 0.330 e. The normalized spacial score (nSPS) is 11.7. The van der Waals surface area contributed by atoms with Crippen molar-refractivity contribution >= 4 is 6.08 Å². The second kappa shape index (κ2) is 10.2. The third-order valence-corrected chi connectivity index (χ3v) is 5.18. The van der Waals surface area contributed by atoms with Crippen LogP contribution in [0.1, 0.15) is 47.4 Å². The van der Waals surface area contributed by atoms with Crippen LogP contribution in [0.15, 0.2) is 63.7 Å². The molecule has 31 heavy (non-hydrogen) atoms. The lowest BCUT2D eigenvalue weighted by Crippen LogP contribution is -2.36. The van der Waals surface area contributed by atoms with Crippen LogP contribution in [-0.2, 0) is 24.3 Å². The van der Waals surface area contributed by atoms with Crippen molar-refractivity contribution in [3.05, 3.63) is 108 Å². The number of hydrogen-bond acceptors (Lipinski definition) is 3. The van der Waals surface area contributed by atoms with Gasteiger partial charge < -0.3 is 4.74 Å². The van der Waals surface area contributed by atoms with Crippen molar-refractivity contribution in [3.63, 3.8) is 0 Å². The van der Waals surface area contributed by atoms with Gasteiger partial charge in [0.05, 0.1) is 6.61 Å². The largest absolute Gasteiger partial charge is 0.356 e. The maximum Gasteiger partial charge on any atom is 0.330 e. The van der Waals surface area contributed by atoms with Crippen LogP contribution in [0, 0.1) is 13.8 Å². The van der Waals surface area contributed by atoms with E-state index in [2.05, 4.69) is 29.3 Å². The van der Waals surface area contributed by atoms with Gasteiger partial charge in [-0.05, 0) is 43.9 Å². The first-order valence-electron chi connectivity index (χ1n) is 10.6. The first-order chi connectivity index (χ1) is 14.9. The molecule has 0 aliphatic carbocycles. The van der Waals surface area contributed by atoms with Crippen LogP contribution < -0.4 is 11.2 Å². The van der Waals surface area contributed by atoms with Crippen LogP contribution in [0.5, 0.6) is 0 Å². The average molecular weight is 419 g/mol. The maximum atomic E-state index is 12.6. The van der Waals surface area contributed by atoms with Gasteiger partial charge in [0, 0.05) is 17.7 Å². The molecule has 0 unspecified atom stereocenters. The van der Waals surface area contributed by atoms with Gasteiger partial charge in [-0.2, -0.15) is 0 Å². The summed E-state index contributed by atoms with van der Waals surface area (Å²) in [4.78, 5) is 27.5. The van der Waals surface area contributed by atoms with Crippen molar-refractivity contribution in [1.29, 1.82) is 0 Å². The number of ether oxygens (including phenoxy) is 1. The van der Waals surface area contributed by atoms with E-state index in [1.165, 1.54) is 0 Å². The van der Waals surface area contributed by atoms with Crippen LogP contribution in [0.25, 0.3) is 6.08 Å². The van der Waals surface area contributed by atoms with E-state index in [1.54, 1.807) is 4.57 Å². The topological polar surface area (TPSA) is 64.1 Å². The Morgan fingerprint density at radius 2 is 1.74 bits per heavy atom. The first-order valence-corrected chi connectivity index (χ1v) is 10.6. The average Bonchev–Trinajstić information content (AvgIpc) is 2.70. The molecule has 1 heterocycles. The molecular formula is C26H30N2O3. The molecule has 0 radical (unpaired) electrons. The summed E-state index contributed by atoms with van der Waals surface area (Å²) >= 11 is 0. The van der Waals surface area contributed by atoms with E-state index in [-0.39, 0.29) is 12.3 Å². The van der Waals surface area contributed by atoms with Gasteiger partial charge in [0.1, 0.15) is 6.73 Å². The van der Waals surface area contributed by atoms with Gasteiger partial charge in [0.25, 0.3) is 5.56 Å². The van der Waals surface area contributed by atoms with E-state index in [1.807, 2.05) is 58.0 Å². The van der Waals surface area contributed by atoms with Crippen molar-refractivity contribution in [2.24, 2.45) is 0 Å². The van der Waals surface area contributed by atoms with E-state index >= 15 is 0 Å². The monoisotopic (exact) mass is 418 g/mol. The molecule has 0 amide bonds. The molecule has 0 atom stereocenters. The van der Waals surface area contributed by atoms with Gasteiger partial charge in [0.15, 0.2) is 0 Å². The molecule has 2 aromatic carbocycles. The van der Waals surface area contributed by atoms with Crippen molar-refractivity contribution in [2.45, 2.75) is 47.3 Å². The molecule has 0 aliphatic heterocycles. The molecule has 0 fully saturated rings. The molecule has 5 nitrogen and oxygen atoms in total. The molecule has 1 N–H and O–H groups in total. The number of benzene rings is 2. The molecule has 162 valence electrons. The third-order valence-electron chi connectivity index (χ3n) is 5.18. The second-order valence-corrected chi connectivity index (χ2v) is 8.02. The first kappa shape index (κ1) is 22.5. The van der Waals surface area contributed by atoms with Gasteiger partial charge in [0.2, 0.25) is 0 Å². The Labute approximate surface area is 183 Å². The lowest BCUT2D eigenvalue weighted by atomic mass is 10.0. The zero-order valence-electron chi connectivity index (χ0n) is 18.7. The second-order valence-electron chi connectivity index (χ2n) is 8.02. The Morgan fingerprint density at radius 3 is 2.39 bits per heavy atom. The third kappa shape index (κ3) is 5.92. The van der Waals surface area contributed by atoms with Crippen molar-refractivity contribution in [2.75, 3.05) is 6.61 Å². The van der Waals surface area contributed by atoms with Crippen molar-refractivity contribution < 1.29 is 4.74 Å². The van der Waals surface area contributed by atoms with Crippen molar-refractivity contribution in [3.8, 4) is 0 Å². The fourth-order valence-corrected chi connectivity index (χ4v) is 3.90. The van der Waals surface area contributed by atoms with E-state index < -0.39 is 5.69 Å². The number of H-pyrrole nitrogens is 1. The maximum absolute atomic E-state index is 12.6. The standard InChI is InChI=1S/C26H30N2O3/c1-5-23-24(15-22-12-18(2)11-19(3)13-22)28(26(30)27-25(23)29)17-31-16-20(4)14-21-9-7-6-8-10-21/h6-14H,5,15-17H2,1-4H3,(H,27,29,30). The summed E-state index contributed by atoms with van der Waals surface area (Å²) in [6, 6.07) is 16.3. The van der Waals surface area contributed by atoms with Crippen LogP contribution in [-0.4, -0.2) is 16.2 Å². The number of rotatable bonds is 8. The molecule has 3 aromatic rings. The number of nitrogens with one attached hydrogen (secondary N) is 1. The fraction of sp³-hybridized carbons (Fsp3) is 0.308. The number of nitrogens with zero attached hydrogens (tertiary/aromatic N) is 1. The summed E-state index contributed by atoms with van der Waals surface area (Å²) < 4.78 is 7.42. The highest BCUT2D eigenvalue weighted by Gasteiger charge is 2.15. The SMILES string of the molecule is CCc1c(Cc2cc(C)cc(C)c2)n(COCC(C)=Cc2ccccc2)c(=O)[nH]c1=O. The van der Waals surface area contributed by atoms with Crippen LogP contribution in [0.3, 0.4) is 0 Å². The van der Waals surface area contributed by atoms with E-state index in [4.69, 9.17) is 4.74 Å². The quantitative estimate of drug-likeness (QED) is 0.590. The minimum absolute atomic E-state index is 0.0860. The predicted molar refractivity (Wildman–Crippen MR) is 125 cm³/mol. The summed E-state index contributed by atoms with van der Waals surface area (Å²) in [5, 5.41) is 0. The molecule has 0 aliphatic rings. The highest BCUT2D eigenvalue weighted by atomic mass is 16.5. The van der Waals surface area contributed by atoms with E-state index in [0.717, 1.165) is 27.8 Å². The fourth-order valence-electron chi connectivity index (χ4n) is 3.90. The van der Waals surface area contributed by atoms with Crippen molar-refractivity contribution in [1.82, 2.24) is 9.55 Å². The summed E-state index contributed by atoms with van der Waals surface area (Å²) in [5.74, 6) is 0. The Morgan fingerprint density at radius 1 is 1.06 bits per heavy atom. The number of aromatic nitrogens is 2. The molecule has 0 spiro atoms. The Bertz CT molecular complexity index is 1170. The zero-order chi connectivity index (χ0) is 22.4. The van der Waals surface area contributed by atoms with E-state index in [9.17, 15) is 9.59 Å². The summed E-state index contributed by atoms with van der Waals surface area (Å²) in [6.07, 6.45) is 3.11. The number of aryl methyl sites for hydroxylation is 2. The van der Waals surface area contributed by atoms with Gasteiger partial charge in [-0.1, -0.05) is 72.7 Å². The molecular weight excluding hydrogens is 388 g/mol. The highest BCUT2D eigenvalue weighted by Crippen LogP contribution is 2.15. The lowest BCUT2D eigenvalue weighted by molar-refractivity contribution is 0.0897. The van der Waals surface area contributed by atoms with Crippen LogP contribution in [0.4, 0.5) is 0 Å². The van der Waals surface area contributed by atoms with Crippen LogP contribution >= 0.6 is 0 Å². The van der Waals surface area contributed by atoms with E-state index in [0.29, 0.717) is 30.7 Å². The molecule has 0 saturated heterocycles. The minimum atomic E-state index is -0.439. The molecule has 1 aromatic heterocycles. The molecule has 3 rings (SSSR count). The lowest BCUT2D eigenvalue weighted by Gasteiger charge is -2.17.